The van der Waals surface area contributed by atoms with Gasteiger partial charge in [0.1, 0.15) is 5.75 Å². The monoisotopic (exact) mass is 366 g/mol. The van der Waals surface area contributed by atoms with E-state index in [-0.39, 0.29) is 24.2 Å². The van der Waals surface area contributed by atoms with Gasteiger partial charge in [0.2, 0.25) is 0 Å². The topological polar surface area (TPSA) is 40.5 Å². The Labute approximate surface area is 152 Å². The van der Waals surface area contributed by atoms with Gasteiger partial charge in [-0.25, -0.2) is 0 Å². The number of benzene rings is 2. The van der Waals surface area contributed by atoms with Gasteiger partial charge in [0.05, 0.1) is 0 Å². The van der Waals surface area contributed by atoms with Crippen LogP contribution in [-0.4, -0.2) is 16.4 Å². The Morgan fingerprint density at radius 1 is 0.885 bits per heavy atom. The van der Waals surface area contributed by atoms with Crippen LogP contribution < -0.4 is 0 Å². The Balaban J connectivity index is 2.35. The second kappa shape index (κ2) is 8.12. The molecule has 0 aliphatic carbocycles. The lowest BCUT2D eigenvalue weighted by Crippen LogP contribution is -2.42. The summed E-state index contributed by atoms with van der Waals surface area (Å²) in [7, 11) is 0. The smallest absolute Gasteiger partial charge is 0.421 e. The number of aromatic hydroxyl groups is 1. The minimum Gasteiger partial charge on any atom is -0.508 e. The van der Waals surface area contributed by atoms with E-state index < -0.39 is 11.8 Å². The number of phenols is 1. The quantitative estimate of drug-likeness (QED) is 0.635. The fourth-order valence-electron chi connectivity index (χ4n) is 3.08. The highest BCUT2D eigenvalue weighted by Crippen LogP contribution is 2.42. The lowest BCUT2D eigenvalue weighted by molar-refractivity contribution is -0.269. The van der Waals surface area contributed by atoms with Crippen LogP contribution in [0.2, 0.25) is 0 Å². The lowest BCUT2D eigenvalue weighted by atomic mass is 9.87. The molecule has 1 atom stereocenters. The SMILES string of the molecule is CCCCc1cc(-c2ccc(C(O)(CCC)C(F)(F)F)cc2)ccc1O. The van der Waals surface area contributed by atoms with Crippen molar-refractivity contribution in [1.29, 1.82) is 0 Å². The van der Waals surface area contributed by atoms with Gasteiger partial charge in [0.25, 0.3) is 0 Å². The number of aryl methyl sites for hydroxylation is 1. The van der Waals surface area contributed by atoms with Crippen molar-refractivity contribution in [1.82, 2.24) is 0 Å². The zero-order valence-corrected chi connectivity index (χ0v) is 15.1. The van der Waals surface area contributed by atoms with Crippen molar-refractivity contribution in [2.24, 2.45) is 0 Å². The third-order valence-electron chi connectivity index (χ3n) is 4.66. The van der Waals surface area contributed by atoms with Crippen LogP contribution >= 0.6 is 0 Å². The van der Waals surface area contributed by atoms with Crippen LogP contribution in [0.25, 0.3) is 11.1 Å². The van der Waals surface area contributed by atoms with E-state index in [4.69, 9.17) is 0 Å². The molecule has 0 radical (unpaired) electrons. The van der Waals surface area contributed by atoms with Crippen molar-refractivity contribution >= 4 is 0 Å². The van der Waals surface area contributed by atoms with Crippen LogP contribution in [0.4, 0.5) is 13.2 Å². The molecule has 0 amide bonds. The number of phenolic OH excluding ortho intramolecular Hbond substituents is 1. The number of hydrogen-bond acceptors (Lipinski definition) is 2. The van der Waals surface area contributed by atoms with Gasteiger partial charge >= 0.3 is 6.18 Å². The first-order chi connectivity index (χ1) is 12.2. The molecule has 2 N–H and O–H groups in total. The maximum atomic E-state index is 13.3. The number of unbranched alkanes of at least 4 members (excludes halogenated alkanes) is 1. The van der Waals surface area contributed by atoms with Crippen molar-refractivity contribution in [3.63, 3.8) is 0 Å². The predicted molar refractivity (Wildman–Crippen MR) is 97.0 cm³/mol. The average molecular weight is 366 g/mol. The summed E-state index contributed by atoms with van der Waals surface area (Å²) in [5.41, 5.74) is -0.590. The molecule has 2 rings (SSSR count). The number of alkyl halides is 3. The Kier molecular flexibility index (Phi) is 6.34. The molecule has 1 unspecified atom stereocenters. The number of rotatable bonds is 7. The minimum atomic E-state index is -4.73. The van der Waals surface area contributed by atoms with E-state index in [1.54, 1.807) is 31.2 Å². The third-order valence-corrected chi connectivity index (χ3v) is 4.66. The van der Waals surface area contributed by atoms with E-state index in [9.17, 15) is 23.4 Å². The molecule has 0 bridgehead atoms. The molecule has 0 spiro atoms. The zero-order chi connectivity index (χ0) is 19.4. The van der Waals surface area contributed by atoms with Crippen molar-refractivity contribution in [2.45, 2.75) is 57.7 Å². The van der Waals surface area contributed by atoms with E-state index in [0.29, 0.717) is 0 Å². The molecule has 142 valence electrons. The highest BCUT2D eigenvalue weighted by Gasteiger charge is 2.54. The first-order valence-corrected chi connectivity index (χ1v) is 8.94. The number of halogens is 3. The molecule has 0 heterocycles. The molecular formula is C21H25F3O2. The van der Waals surface area contributed by atoms with Gasteiger partial charge in [0.15, 0.2) is 5.60 Å². The Hall–Kier alpha value is -2.01. The number of aliphatic hydroxyl groups is 1. The summed E-state index contributed by atoms with van der Waals surface area (Å²) in [6.45, 7) is 3.68. The summed E-state index contributed by atoms with van der Waals surface area (Å²) in [6.07, 6.45) is -2.18. The van der Waals surface area contributed by atoms with Crippen molar-refractivity contribution in [3.05, 3.63) is 53.6 Å². The van der Waals surface area contributed by atoms with Gasteiger partial charge in [-0.2, -0.15) is 13.2 Å². The molecule has 2 aromatic carbocycles. The average Bonchev–Trinajstić information content (AvgIpc) is 2.60. The standard InChI is InChI=1S/C21H25F3O2/c1-3-5-6-17-14-16(9-12-19(17)25)15-7-10-18(11-8-15)20(26,13-4-2)21(22,23)24/h7-12,14,25-26H,3-6,13H2,1-2H3. The summed E-state index contributed by atoms with van der Waals surface area (Å²) >= 11 is 0. The lowest BCUT2D eigenvalue weighted by Gasteiger charge is -2.30. The van der Waals surface area contributed by atoms with E-state index in [1.165, 1.54) is 12.1 Å². The first kappa shape index (κ1) is 20.3. The van der Waals surface area contributed by atoms with Crippen molar-refractivity contribution in [2.75, 3.05) is 0 Å². The predicted octanol–water partition coefficient (Wildman–Crippen LogP) is 5.95. The van der Waals surface area contributed by atoms with E-state index in [1.807, 2.05) is 6.07 Å². The number of hydrogen-bond donors (Lipinski definition) is 2. The Morgan fingerprint density at radius 2 is 1.50 bits per heavy atom. The van der Waals surface area contributed by atoms with Crippen LogP contribution in [0, 0.1) is 0 Å². The molecule has 0 aliphatic rings. The Morgan fingerprint density at radius 3 is 2.04 bits per heavy atom. The molecule has 5 heteroatoms. The zero-order valence-electron chi connectivity index (χ0n) is 15.1. The fourth-order valence-corrected chi connectivity index (χ4v) is 3.08. The van der Waals surface area contributed by atoms with Gasteiger partial charge in [0, 0.05) is 0 Å². The molecule has 2 aromatic rings. The molecule has 0 aliphatic heterocycles. The maximum absolute atomic E-state index is 13.3. The van der Waals surface area contributed by atoms with E-state index in [2.05, 4.69) is 6.92 Å². The molecule has 0 saturated carbocycles. The maximum Gasteiger partial charge on any atom is 0.421 e. The Bertz CT molecular complexity index is 723. The van der Waals surface area contributed by atoms with E-state index in [0.717, 1.165) is 36.0 Å². The van der Waals surface area contributed by atoms with Crippen LogP contribution in [0.15, 0.2) is 42.5 Å². The van der Waals surface area contributed by atoms with Gasteiger partial charge in [-0.3, -0.25) is 0 Å². The van der Waals surface area contributed by atoms with E-state index >= 15 is 0 Å². The van der Waals surface area contributed by atoms with Crippen molar-refractivity contribution in [3.8, 4) is 16.9 Å². The summed E-state index contributed by atoms with van der Waals surface area (Å²) in [4.78, 5) is 0. The molecule has 26 heavy (non-hydrogen) atoms. The molecule has 0 fully saturated rings. The minimum absolute atomic E-state index is 0.152. The molecule has 0 aromatic heterocycles. The molecule has 0 saturated heterocycles. The highest BCUT2D eigenvalue weighted by atomic mass is 19.4. The summed E-state index contributed by atoms with van der Waals surface area (Å²) in [6, 6.07) is 11.0. The van der Waals surface area contributed by atoms with Gasteiger partial charge < -0.3 is 10.2 Å². The third kappa shape index (κ3) is 4.21. The van der Waals surface area contributed by atoms with Gasteiger partial charge in [-0.15, -0.1) is 0 Å². The fraction of sp³-hybridized carbons (Fsp3) is 0.429. The largest absolute Gasteiger partial charge is 0.508 e. The van der Waals surface area contributed by atoms with Crippen LogP contribution in [0.5, 0.6) is 5.75 Å². The van der Waals surface area contributed by atoms with Crippen molar-refractivity contribution < 1.29 is 23.4 Å². The second-order valence-corrected chi connectivity index (χ2v) is 6.63. The van der Waals surface area contributed by atoms with Gasteiger partial charge in [-0.1, -0.05) is 57.0 Å². The van der Waals surface area contributed by atoms with Crippen LogP contribution in [-0.2, 0) is 12.0 Å². The molecular weight excluding hydrogens is 341 g/mol. The summed E-state index contributed by atoms with van der Waals surface area (Å²) in [5.74, 6) is 0.230. The normalized spacial score (nSPS) is 14.2. The summed E-state index contributed by atoms with van der Waals surface area (Å²) in [5, 5.41) is 20.1. The molecule has 2 nitrogen and oxygen atoms in total. The van der Waals surface area contributed by atoms with Crippen LogP contribution in [0.3, 0.4) is 0 Å². The van der Waals surface area contributed by atoms with Gasteiger partial charge in [-0.05, 0) is 53.6 Å². The van der Waals surface area contributed by atoms with Crippen LogP contribution in [0.1, 0.15) is 50.7 Å². The second-order valence-electron chi connectivity index (χ2n) is 6.63. The highest BCUT2D eigenvalue weighted by molar-refractivity contribution is 5.66. The summed E-state index contributed by atoms with van der Waals surface area (Å²) < 4.78 is 40.0. The first-order valence-electron chi connectivity index (χ1n) is 8.94.